The summed E-state index contributed by atoms with van der Waals surface area (Å²) in [4.78, 5) is 4.39. The molecule has 2 aromatic rings. The fourth-order valence-electron chi connectivity index (χ4n) is 1.64. The summed E-state index contributed by atoms with van der Waals surface area (Å²) < 4.78 is 6.72. The molecule has 18 heavy (non-hydrogen) atoms. The van der Waals surface area contributed by atoms with Crippen LogP contribution in [0.1, 0.15) is 18.9 Å². The molecule has 3 heteroatoms. The van der Waals surface area contributed by atoms with E-state index in [1.165, 1.54) is 0 Å². The highest BCUT2D eigenvalue weighted by molar-refractivity contribution is 9.10. The molecular weight excluding hydrogens is 290 g/mol. The van der Waals surface area contributed by atoms with E-state index in [1.807, 2.05) is 12.1 Å². The van der Waals surface area contributed by atoms with Crippen molar-refractivity contribution in [2.75, 3.05) is 6.61 Å². The number of pyridine rings is 1. The van der Waals surface area contributed by atoms with E-state index in [4.69, 9.17) is 4.74 Å². The van der Waals surface area contributed by atoms with Crippen molar-refractivity contribution in [3.63, 3.8) is 0 Å². The van der Waals surface area contributed by atoms with Crippen LogP contribution in [0.15, 0.2) is 28.9 Å². The Hall–Kier alpha value is -1.53. The van der Waals surface area contributed by atoms with Gasteiger partial charge in [0.25, 0.3) is 0 Å². The van der Waals surface area contributed by atoms with Gasteiger partial charge in [-0.15, -0.1) is 12.8 Å². The van der Waals surface area contributed by atoms with Crippen molar-refractivity contribution in [1.82, 2.24) is 4.98 Å². The summed E-state index contributed by atoms with van der Waals surface area (Å²) in [6.07, 6.45) is 10.8. The standard InChI is InChI=1S/C13H14BrNO.C2H2/c1-3-6-16-13-8-15-12-5-4-10(14)7-11(12)9(13)2;1-2/h4-5,7-8H,3,6H2,1-2H3;1-2H. The van der Waals surface area contributed by atoms with Crippen LogP contribution < -0.4 is 4.74 Å². The Morgan fingerprint density at radius 1 is 1.33 bits per heavy atom. The highest BCUT2D eigenvalue weighted by atomic mass is 79.9. The van der Waals surface area contributed by atoms with Crippen molar-refractivity contribution >= 4 is 26.8 Å². The maximum atomic E-state index is 5.66. The smallest absolute Gasteiger partial charge is 0.141 e. The molecule has 0 radical (unpaired) electrons. The van der Waals surface area contributed by atoms with Gasteiger partial charge < -0.3 is 4.74 Å². The third kappa shape index (κ3) is 3.24. The number of hydrogen-bond donors (Lipinski definition) is 0. The number of benzene rings is 1. The molecule has 1 aromatic carbocycles. The van der Waals surface area contributed by atoms with E-state index in [1.54, 1.807) is 6.20 Å². The Balaban J connectivity index is 0.000000771. The lowest BCUT2D eigenvalue weighted by atomic mass is 10.1. The van der Waals surface area contributed by atoms with E-state index in [0.29, 0.717) is 0 Å². The SMILES string of the molecule is C#C.CCCOc1cnc2ccc(Br)cc2c1C. The van der Waals surface area contributed by atoms with Gasteiger partial charge in [-0.05, 0) is 31.5 Å². The maximum absolute atomic E-state index is 5.66. The zero-order chi connectivity index (χ0) is 13.5. The fraction of sp³-hybridized carbons (Fsp3) is 0.267. The molecule has 0 aliphatic heterocycles. The molecule has 0 unspecified atom stereocenters. The summed E-state index contributed by atoms with van der Waals surface area (Å²) in [5.74, 6) is 0.882. The van der Waals surface area contributed by atoms with Gasteiger partial charge in [0, 0.05) is 15.4 Å². The van der Waals surface area contributed by atoms with Gasteiger partial charge >= 0.3 is 0 Å². The first kappa shape index (κ1) is 14.5. The van der Waals surface area contributed by atoms with Crippen LogP contribution in [0.3, 0.4) is 0 Å². The van der Waals surface area contributed by atoms with Crippen molar-refractivity contribution in [3.8, 4) is 18.6 Å². The number of nitrogens with zero attached hydrogens (tertiary/aromatic N) is 1. The molecular formula is C15H16BrNO. The van der Waals surface area contributed by atoms with E-state index in [0.717, 1.165) is 39.7 Å². The zero-order valence-electron chi connectivity index (χ0n) is 10.6. The predicted molar refractivity (Wildman–Crippen MR) is 79.9 cm³/mol. The number of halogens is 1. The quantitative estimate of drug-likeness (QED) is 0.787. The molecule has 0 bridgehead atoms. The third-order valence-corrected chi connectivity index (χ3v) is 3.01. The predicted octanol–water partition coefficient (Wildman–Crippen LogP) is 4.34. The summed E-state index contributed by atoms with van der Waals surface area (Å²) in [6, 6.07) is 6.09. The second-order valence-corrected chi connectivity index (χ2v) is 4.67. The topological polar surface area (TPSA) is 22.1 Å². The van der Waals surface area contributed by atoms with Gasteiger partial charge in [-0.2, -0.15) is 0 Å². The Labute approximate surface area is 117 Å². The summed E-state index contributed by atoms with van der Waals surface area (Å²) >= 11 is 3.48. The number of aromatic nitrogens is 1. The summed E-state index contributed by atoms with van der Waals surface area (Å²) in [5, 5.41) is 1.14. The molecule has 1 aromatic heterocycles. The molecule has 0 aliphatic carbocycles. The van der Waals surface area contributed by atoms with Gasteiger partial charge in [0.15, 0.2) is 0 Å². The lowest BCUT2D eigenvalue weighted by Crippen LogP contribution is -1.98. The number of ether oxygens (including phenoxy) is 1. The Morgan fingerprint density at radius 3 is 2.72 bits per heavy atom. The molecule has 0 amide bonds. The van der Waals surface area contributed by atoms with Gasteiger partial charge in [-0.1, -0.05) is 22.9 Å². The monoisotopic (exact) mass is 305 g/mol. The van der Waals surface area contributed by atoms with Crippen LogP contribution in [0.2, 0.25) is 0 Å². The maximum Gasteiger partial charge on any atom is 0.141 e. The minimum absolute atomic E-state index is 0.738. The first-order valence-corrected chi connectivity index (χ1v) is 6.52. The Morgan fingerprint density at radius 2 is 2.06 bits per heavy atom. The number of terminal acetylenes is 1. The van der Waals surface area contributed by atoms with Crippen molar-refractivity contribution in [2.24, 2.45) is 0 Å². The minimum Gasteiger partial charge on any atom is -0.492 e. The average Bonchev–Trinajstić information content (AvgIpc) is 2.41. The zero-order valence-corrected chi connectivity index (χ0v) is 12.2. The lowest BCUT2D eigenvalue weighted by molar-refractivity contribution is 0.315. The average molecular weight is 306 g/mol. The van der Waals surface area contributed by atoms with Crippen molar-refractivity contribution < 1.29 is 4.74 Å². The number of aryl methyl sites for hydroxylation is 1. The van der Waals surface area contributed by atoms with Crippen LogP contribution >= 0.6 is 15.9 Å². The molecule has 0 aliphatic rings. The Bertz CT molecular complexity index is 549. The van der Waals surface area contributed by atoms with Crippen molar-refractivity contribution in [1.29, 1.82) is 0 Å². The number of fused-ring (bicyclic) bond motifs is 1. The summed E-state index contributed by atoms with van der Waals surface area (Å²) in [7, 11) is 0. The number of hydrogen-bond acceptors (Lipinski definition) is 2. The van der Waals surface area contributed by atoms with Gasteiger partial charge in [-0.3, -0.25) is 4.98 Å². The van der Waals surface area contributed by atoms with E-state index in [-0.39, 0.29) is 0 Å². The van der Waals surface area contributed by atoms with Crippen LogP contribution in [-0.2, 0) is 0 Å². The highest BCUT2D eigenvalue weighted by Crippen LogP contribution is 2.27. The molecule has 0 saturated carbocycles. The van der Waals surface area contributed by atoms with Crippen LogP contribution in [0.25, 0.3) is 10.9 Å². The normalized spacial score (nSPS) is 9.61. The van der Waals surface area contributed by atoms with Gasteiger partial charge in [0.2, 0.25) is 0 Å². The first-order chi connectivity index (χ1) is 8.72. The molecule has 0 atom stereocenters. The first-order valence-electron chi connectivity index (χ1n) is 5.73. The van der Waals surface area contributed by atoms with Crippen LogP contribution in [0, 0.1) is 19.8 Å². The van der Waals surface area contributed by atoms with Gasteiger partial charge in [0.05, 0.1) is 18.3 Å². The molecule has 0 fully saturated rings. The second-order valence-electron chi connectivity index (χ2n) is 3.76. The molecule has 94 valence electrons. The lowest BCUT2D eigenvalue weighted by Gasteiger charge is -2.10. The minimum atomic E-state index is 0.738. The van der Waals surface area contributed by atoms with Gasteiger partial charge in [-0.25, -0.2) is 0 Å². The van der Waals surface area contributed by atoms with E-state index < -0.39 is 0 Å². The van der Waals surface area contributed by atoms with Gasteiger partial charge in [0.1, 0.15) is 5.75 Å². The molecule has 2 nitrogen and oxygen atoms in total. The summed E-state index contributed by atoms with van der Waals surface area (Å²) in [6.45, 7) is 4.91. The van der Waals surface area contributed by atoms with Crippen LogP contribution in [-0.4, -0.2) is 11.6 Å². The molecule has 0 saturated heterocycles. The molecule has 1 heterocycles. The Kier molecular flexibility index (Phi) is 5.67. The molecule has 0 N–H and O–H groups in total. The molecule has 0 spiro atoms. The van der Waals surface area contributed by atoms with Crippen LogP contribution in [0.4, 0.5) is 0 Å². The van der Waals surface area contributed by atoms with Crippen LogP contribution in [0.5, 0.6) is 5.75 Å². The largest absolute Gasteiger partial charge is 0.492 e. The second kappa shape index (κ2) is 7.03. The summed E-state index contributed by atoms with van der Waals surface area (Å²) in [5.41, 5.74) is 2.16. The van der Waals surface area contributed by atoms with E-state index in [2.05, 4.69) is 53.7 Å². The van der Waals surface area contributed by atoms with E-state index >= 15 is 0 Å². The third-order valence-electron chi connectivity index (χ3n) is 2.51. The van der Waals surface area contributed by atoms with Crippen molar-refractivity contribution in [3.05, 3.63) is 34.4 Å². The molecule has 2 rings (SSSR count). The fourth-order valence-corrected chi connectivity index (χ4v) is 2.00. The number of rotatable bonds is 3. The van der Waals surface area contributed by atoms with Crippen molar-refractivity contribution in [2.45, 2.75) is 20.3 Å². The van der Waals surface area contributed by atoms with E-state index in [9.17, 15) is 0 Å². The highest BCUT2D eigenvalue weighted by Gasteiger charge is 2.05.